The van der Waals surface area contributed by atoms with Gasteiger partial charge in [0.05, 0.1) is 11.4 Å². The molecule has 0 spiro atoms. The van der Waals surface area contributed by atoms with Crippen molar-refractivity contribution in [2.45, 2.75) is 11.8 Å². The minimum Gasteiger partial charge on any atom is -0.506 e. The van der Waals surface area contributed by atoms with E-state index in [9.17, 15) is 18.3 Å². The highest BCUT2D eigenvalue weighted by atomic mass is 32.2. The van der Waals surface area contributed by atoms with Crippen molar-refractivity contribution < 1.29 is 22.5 Å². The van der Waals surface area contributed by atoms with E-state index in [1.54, 1.807) is 49.4 Å². The number of phenols is 1. The molecular weight excluding hydrogens is 380 g/mol. The second-order valence-corrected chi connectivity index (χ2v) is 7.41. The molecule has 0 atom stereocenters. The van der Waals surface area contributed by atoms with Gasteiger partial charge >= 0.3 is 16.1 Å². The van der Waals surface area contributed by atoms with Crippen molar-refractivity contribution >= 4 is 27.5 Å². The molecule has 0 radical (unpaired) electrons. The normalized spacial score (nSPS) is 10.9. The summed E-state index contributed by atoms with van der Waals surface area (Å²) in [5, 5.41) is 14.7. The zero-order valence-electron chi connectivity index (χ0n) is 14.9. The summed E-state index contributed by atoms with van der Waals surface area (Å²) in [4.78, 5) is 12.3. The number of benzene rings is 3. The fraction of sp³-hybridized carbons (Fsp3) is 0.0500. The summed E-state index contributed by atoms with van der Waals surface area (Å²) >= 11 is 0. The van der Waals surface area contributed by atoms with E-state index in [1.807, 2.05) is 0 Å². The zero-order chi connectivity index (χ0) is 20.1. The Hall–Kier alpha value is -3.52. The van der Waals surface area contributed by atoms with E-state index >= 15 is 0 Å². The average Bonchev–Trinajstić information content (AvgIpc) is 2.65. The number of urea groups is 1. The molecule has 0 saturated carbocycles. The monoisotopic (exact) mass is 398 g/mol. The number of para-hydroxylation sites is 4. The number of rotatable bonds is 5. The lowest BCUT2D eigenvalue weighted by Gasteiger charge is -2.14. The smallest absolute Gasteiger partial charge is 0.339 e. The molecular formula is C20H18N2O5S. The largest absolute Gasteiger partial charge is 0.506 e. The van der Waals surface area contributed by atoms with Gasteiger partial charge in [-0.2, -0.15) is 8.42 Å². The maximum atomic E-state index is 12.6. The number of hydrogen-bond acceptors (Lipinski definition) is 5. The fourth-order valence-electron chi connectivity index (χ4n) is 2.50. The molecule has 3 rings (SSSR count). The van der Waals surface area contributed by atoms with E-state index in [2.05, 4.69) is 10.6 Å². The van der Waals surface area contributed by atoms with Crippen LogP contribution in [-0.4, -0.2) is 19.6 Å². The van der Waals surface area contributed by atoms with Gasteiger partial charge in [0.15, 0.2) is 5.75 Å². The first-order valence-corrected chi connectivity index (χ1v) is 9.73. The molecule has 0 fully saturated rings. The first-order chi connectivity index (χ1) is 13.4. The molecule has 28 heavy (non-hydrogen) atoms. The van der Waals surface area contributed by atoms with Gasteiger partial charge in [-0.15, -0.1) is 0 Å². The maximum Gasteiger partial charge on any atom is 0.339 e. The van der Waals surface area contributed by atoms with Gasteiger partial charge < -0.3 is 19.9 Å². The lowest BCUT2D eigenvalue weighted by Crippen LogP contribution is -2.20. The first kappa shape index (κ1) is 19.2. The highest BCUT2D eigenvalue weighted by molar-refractivity contribution is 7.87. The molecule has 2 amide bonds. The predicted molar refractivity (Wildman–Crippen MR) is 106 cm³/mol. The molecule has 7 nitrogen and oxygen atoms in total. The Bertz CT molecular complexity index is 1110. The van der Waals surface area contributed by atoms with Gasteiger partial charge in [0.1, 0.15) is 10.6 Å². The Balaban J connectivity index is 1.81. The number of aromatic hydroxyl groups is 1. The third-order valence-corrected chi connectivity index (χ3v) is 5.25. The topological polar surface area (TPSA) is 105 Å². The van der Waals surface area contributed by atoms with Crippen LogP contribution >= 0.6 is 0 Å². The molecule has 0 aliphatic rings. The van der Waals surface area contributed by atoms with Gasteiger partial charge in [-0.05, 0) is 42.8 Å². The number of nitrogens with one attached hydrogen (secondary N) is 2. The highest BCUT2D eigenvalue weighted by Gasteiger charge is 2.21. The Morgan fingerprint density at radius 3 is 2.14 bits per heavy atom. The van der Waals surface area contributed by atoms with Gasteiger partial charge in [-0.3, -0.25) is 0 Å². The minimum atomic E-state index is -4.08. The number of phenolic OH excluding ortho intramolecular Hbond substituents is 1. The number of carbonyl (C=O) groups excluding carboxylic acids is 1. The highest BCUT2D eigenvalue weighted by Crippen LogP contribution is 2.29. The Labute approximate surface area is 162 Å². The summed E-state index contributed by atoms with van der Waals surface area (Å²) in [5.41, 5.74) is 0.920. The van der Waals surface area contributed by atoms with Gasteiger partial charge in [0.25, 0.3) is 0 Å². The molecule has 0 bridgehead atoms. The van der Waals surface area contributed by atoms with Crippen molar-refractivity contribution in [1.29, 1.82) is 0 Å². The van der Waals surface area contributed by atoms with Crippen LogP contribution in [0.5, 0.6) is 11.5 Å². The molecule has 144 valence electrons. The van der Waals surface area contributed by atoms with Crippen LogP contribution in [0.3, 0.4) is 0 Å². The number of anilines is 2. The van der Waals surface area contributed by atoms with E-state index in [0.29, 0.717) is 5.56 Å². The quantitative estimate of drug-likeness (QED) is 0.443. The Morgan fingerprint density at radius 1 is 0.857 bits per heavy atom. The van der Waals surface area contributed by atoms with Gasteiger partial charge in [-0.25, -0.2) is 4.79 Å². The van der Waals surface area contributed by atoms with Gasteiger partial charge in [-0.1, -0.05) is 42.5 Å². The summed E-state index contributed by atoms with van der Waals surface area (Å²) in [6, 6.07) is 18.2. The van der Waals surface area contributed by atoms with Gasteiger partial charge in [0, 0.05) is 0 Å². The SMILES string of the molecule is Cc1ccccc1S(=O)(=O)Oc1ccccc1NC(=O)Nc1ccccc1O. The van der Waals surface area contributed by atoms with Crippen LogP contribution in [-0.2, 0) is 10.1 Å². The molecule has 3 aromatic carbocycles. The minimum absolute atomic E-state index is 0.0295. The van der Waals surface area contributed by atoms with Crippen LogP contribution in [0.15, 0.2) is 77.7 Å². The summed E-state index contributed by atoms with van der Waals surface area (Å²) in [7, 11) is -4.08. The first-order valence-electron chi connectivity index (χ1n) is 8.32. The standard InChI is InChI=1S/C20H18N2O5S/c1-14-8-2-7-13-19(14)28(25,26)27-18-12-6-4-10-16(18)22-20(24)21-15-9-3-5-11-17(15)23/h2-13,23H,1H3,(H2,21,22,24). The molecule has 0 aliphatic heterocycles. The summed E-state index contributed by atoms with van der Waals surface area (Å²) in [6.07, 6.45) is 0. The average molecular weight is 398 g/mol. The second-order valence-electron chi connectivity index (χ2n) is 5.90. The third-order valence-electron chi connectivity index (χ3n) is 3.85. The van der Waals surface area contributed by atoms with Gasteiger partial charge in [0.2, 0.25) is 0 Å². The molecule has 0 heterocycles. The van der Waals surface area contributed by atoms with Crippen LogP contribution in [0.1, 0.15) is 5.56 Å². The van der Waals surface area contributed by atoms with E-state index < -0.39 is 16.1 Å². The fourth-order valence-corrected chi connectivity index (χ4v) is 3.68. The van der Waals surface area contributed by atoms with Crippen LogP contribution < -0.4 is 14.8 Å². The van der Waals surface area contributed by atoms with Crippen LogP contribution in [0.25, 0.3) is 0 Å². The van der Waals surface area contributed by atoms with Crippen molar-refractivity contribution in [3.05, 3.63) is 78.4 Å². The van der Waals surface area contributed by atoms with E-state index in [-0.39, 0.29) is 27.8 Å². The van der Waals surface area contributed by atoms with E-state index in [0.717, 1.165) is 0 Å². The maximum absolute atomic E-state index is 12.6. The number of carbonyl (C=O) groups is 1. The van der Waals surface area contributed by atoms with Crippen molar-refractivity contribution in [1.82, 2.24) is 0 Å². The number of aryl methyl sites for hydroxylation is 1. The summed E-state index contributed by atoms with van der Waals surface area (Å²) < 4.78 is 30.5. The van der Waals surface area contributed by atoms with Crippen LogP contribution in [0.2, 0.25) is 0 Å². The molecule has 0 saturated heterocycles. The molecule has 0 unspecified atom stereocenters. The van der Waals surface area contributed by atoms with Crippen LogP contribution in [0, 0.1) is 6.92 Å². The summed E-state index contributed by atoms with van der Waals surface area (Å²) in [6.45, 7) is 1.67. The molecule has 3 aromatic rings. The van der Waals surface area contributed by atoms with E-state index in [4.69, 9.17) is 4.18 Å². The van der Waals surface area contributed by atoms with E-state index in [1.165, 1.54) is 30.3 Å². The zero-order valence-corrected chi connectivity index (χ0v) is 15.7. The lowest BCUT2D eigenvalue weighted by molar-refractivity contribution is 0.262. The van der Waals surface area contributed by atoms with Crippen molar-refractivity contribution in [3.8, 4) is 11.5 Å². The number of hydrogen-bond donors (Lipinski definition) is 3. The lowest BCUT2D eigenvalue weighted by atomic mass is 10.2. The van der Waals surface area contributed by atoms with Crippen molar-refractivity contribution in [2.24, 2.45) is 0 Å². The molecule has 8 heteroatoms. The molecule has 0 aromatic heterocycles. The second kappa shape index (κ2) is 8.01. The van der Waals surface area contributed by atoms with Crippen molar-refractivity contribution in [2.75, 3.05) is 10.6 Å². The molecule has 0 aliphatic carbocycles. The Kier molecular flexibility index (Phi) is 5.51. The summed E-state index contributed by atoms with van der Waals surface area (Å²) in [5.74, 6) is -0.123. The van der Waals surface area contributed by atoms with Crippen molar-refractivity contribution in [3.63, 3.8) is 0 Å². The molecule has 3 N–H and O–H groups in total. The predicted octanol–water partition coefficient (Wildman–Crippen LogP) is 4.11. The van der Waals surface area contributed by atoms with Crippen LogP contribution in [0.4, 0.5) is 16.2 Å². The third kappa shape index (κ3) is 4.41. The Morgan fingerprint density at radius 2 is 1.43 bits per heavy atom. The number of amides is 2.